The molecule has 0 radical (unpaired) electrons. The molecule has 106 valence electrons. The maximum Gasteiger partial charge on any atom is 0.328 e. The van der Waals surface area contributed by atoms with Gasteiger partial charge < -0.3 is 18.9 Å². The normalized spacial score (nSPS) is 32.4. The third kappa shape index (κ3) is 1.87. The van der Waals surface area contributed by atoms with Crippen molar-refractivity contribution in [1.29, 1.82) is 0 Å². The fourth-order valence-corrected chi connectivity index (χ4v) is 2.23. The quantitative estimate of drug-likeness (QED) is 0.703. The molecule has 1 aliphatic heterocycles. The summed E-state index contributed by atoms with van der Waals surface area (Å²) in [6.07, 6.45) is 0. The zero-order valence-electron chi connectivity index (χ0n) is 11.8. The summed E-state index contributed by atoms with van der Waals surface area (Å²) < 4.78 is 21.2. The molecule has 0 aromatic heterocycles. The monoisotopic (exact) mass is 262 g/mol. The van der Waals surface area contributed by atoms with Crippen LogP contribution in [0.5, 0.6) is 0 Å². The lowest BCUT2D eigenvalue weighted by Crippen LogP contribution is -2.60. The van der Waals surface area contributed by atoms with Crippen LogP contribution in [0.3, 0.4) is 0 Å². The topological polar surface area (TPSA) is 60.5 Å². The number of hydrogen-bond donors (Lipinski definition) is 0. The number of ether oxygens (including phenoxy) is 4. The van der Waals surface area contributed by atoms with Crippen LogP contribution in [0.1, 0.15) is 13.8 Å². The lowest BCUT2D eigenvalue weighted by Gasteiger charge is -2.43. The van der Waals surface area contributed by atoms with Crippen molar-refractivity contribution in [2.45, 2.75) is 25.3 Å². The van der Waals surface area contributed by atoms with Crippen molar-refractivity contribution < 1.29 is 23.7 Å². The minimum atomic E-state index is -0.965. The van der Waals surface area contributed by atoms with Crippen LogP contribution in [0.2, 0.25) is 0 Å². The number of methoxy groups -OCH3 is 4. The number of hydrogen-bond acceptors (Lipinski definition) is 5. The molecule has 0 spiro atoms. The van der Waals surface area contributed by atoms with Crippen molar-refractivity contribution in [3.8, 4) is 0 Å². The Morgan fingerprint density at radius 2 is 1.22 bits per heavy atom. The van der Waals surface area contributed by atoms with Crippen molar-refractivity contribution in [2.24, 2.45) is 0 Å². The smallest absolute Gasteiger partial charge is 0.328 e. The first-order valence-electron chi connectivity index (χ1n) is 5.60. The largest absolute Gasteiger partial charge is 0.364 e. The highest BCUT2D eigenvalue weighted by Gasteiger charge is 2.64. The van der Waals surface area contributed by atoms with Gasteiger partial charge in [0.1, 0.15) is 13.5 Å². The van der Waals surface area contributed by atoms with Crippen LogP contribution in [-0.4, -0.2) is 69.2 Å². The van der Waals surface area contributed by atoms with Crippen molar-refractivity contribution in [3.63, 3.8) is 0 Å². The highest BCUT2D eigenvalue weighted by Crippen LogP contribution is 2.42. The van der Waals surface area contributed by atoms with Crippen LogP contribution in [0.4, 0.5) is 4.79 Å². The second kappa shape index (κ2) is 5.40. The molecule has 0 aliphatic carbocycles. The maximum absolute atomic E-state index is 12.4. The highest BCUT2D eigenvalue weighted by atomic mass is 16.6. The number of nitrogens with zero attached hydrogens (tertiary/aromatic N) is 2. The first kappa shape index (κ1) is 15.2. The van der Waals surface area contributed by atoms with Gasteiger partial charge in [-0.15, -0.1) is 0 Å². The van der Waals surface area contributed by atoms with E-state index in [1.165, 1.54) is 38.2 Å². The van der Waals surface area contributed by atoms with E-state index in [1.807, 2.05) is 0 Å². The summed E-state index contributed by atoms with van der Waals surface area (Å²) in [6, 6.07) is -0.257. The maximum atomic E-state index is 12.4. The zero-order chi connectivity index (χ0) is 14.0. The lowest BCUT2D eigenvalue weighted by atomic mass is 10.0. The highest BCUT2D eigenvalue weighted by molar-refractivity contribution is 5.79. The van der Waals surface area contributed by atoms with Gasteiger partial charge in [0.25, 0.3) is 0 Å². The number of carbonyl (C=O) groups is 1. The second-order valence-electron chi connectivity index (χ2n) is 4.35. The van der Waals surface area contributed by atoms with Crippen LogP contribution in [0.25, 0.3) is 0 Å². The van der Waals surface area contributed by atoms with Crippen LogP contribution < -0.4 is 0 Å². The van der Waals surface area contributed by atoms with Crippen molar-refractivity contribution in [3.05, 3.63) is 0 Å². The Hall–Kier alpha value is -0.890. The summed E-state index contributed by atoms with van der Waals surface area (Å²) >= 11 is 0. The Kier molecular flexibility index (Phi) is 4.55. The Labute approximate surface area is 108 Å². The molecule has 1 saturated heterocycles. The molecular weight excluding hydrogens is 240 g/mol. The van der Waals surface area contributed by atoms with Gasteiger partial charge in [-0.05, 0) is 13.8 Å². The van der Waals surface area contributed by atoms with E-state index >= 15 is 0 Å². The fraction of sp³-hybridized carbons (Fsp3) is 0.909. The van der Waals surface area contributed by atoms with Gasteiger partial charge in [-0.2, -0.15) is 0 Å². The van der Waals surface area contributed by atoms with Crippen LogP contribution in [-0.2, 0) is 18.9 Å². The minimum Gasteiger partial charge on any atom is -0.364 e. The molecule has 0 N–H and O–H groups in total. The Balaban J connectivity index is 3.21. The van der Waals surface area contributed by atoms with Crippen molar-refractivity contribution >= 4 is 6.03 Å². The third-order valence-corrected chi connectivity index (χ3v) is 3.66. The minimum absolute atomic E-state index is 0.113. The molecule has 18 heavy (non-hydrogen) atoms. The summed E-state index contributed by atoms with van der Waals surface area (Å²) in [7, 11) is 6.10. The number of amides is 2. The van der Waals surface area contributed by atoms with Gasteiger partial charge in [0.15, 0.2) is 11.4 Å². The van der Waals surface area contributed by atoms with E-state index in [-0.39, 0.29) is 19.5 Å². The summed E-state index contributed by atoms with van der Waals surface area (Å²) in [5, 5.41) is 0. The van der Waals surface area contributed by atoms with Gasteiger partial charge in [0, 0.05) is 28.4 Å². The molecule has 0 saturated carbocycles. The SMILES string of the molecule is COCN1C(=O)N(COC)C(C)(OC)C1(C)OC. The molecular formula is C11H22N2O5. The third-order valence-electron chi connectivity index (χ3n) is 3.66. The van der Waals surface area contributed by atoms with Crippen LogP contribution >= 0.6 is 0 Å². The fourth-order valence-electron chi connectivity index (χ4n) is 2.23. The number of carbonyl (C=O) groups excluding carboxylic acids is 1. The van der Waals surface area contributed by atoms with E-state index < -0.39 is 11.4 Å². The van der Waals surface area contributed by atoms with Crippen molar-refractivity contribution in [2.75, 3.05) is 41.9 Å². The van der Waals surface area contributed by atoms with Gasteiger partial charge in [-0.3, -0.25) is 9.80 Å². The van der Waals surface area contributed by atoms with E-state index in [1.54, 1.807) is 13.8 Å². The first-order chi connectivity index (χ1) is 8.42. The summed E-state index contributed by atoms with van der Waals surface area (Å²) in [5.41, 5.74) is -1.93. The van der Waals surface area contributed by atoms with Crippen LogP contribution in [0, 0.1) is 0 Å². The van der Waals surface area contributed by atoms with Gasteiger partial charge in [-0.1, -0.05) is 0 Å². The Bertz CT molecular complexity index is 286. The lowest BCUT2D eigenvalue weighted by molar-refractivity contribution is -0.252. The Morgan fingerprint density at radius 3 is 1.44 bits per heavy atom. The molecule has 0 bridgehead atoms. The van der Waals surface area contributed by atoms with E-state index in [9.17, 15) is 4.79 Å². The molecule has 1 fully saturated rings. The average molecular weight is 262 g/mol. The molecule has 7 nitrogen and oxygen atoms in total. The van der Waals surface area contributed by atoms with E-state index in [2.05, 4.69) is 0 Å². The standard InChI is InChI=1S/C11H22N2O5/c1-10(17-5)11(2,18-6)13(8-16-4)9(14)12(10)7-15-3/h7-8H2,1-6H3. The number of urea groups is 1. The number of rotatable bonds is 6. The average Bonchev–Trinajstić information content (AvgIpc) is 2.53. The Morgan fingerprint density at radius 1 is 0.889 bits per heavy atom. The van der Waals surface area contributed by atoms with E-state index in [0.29, 0.717) is 0 Å². The van der Waals surface area contributed by atoms with Gasteiger partial charge in [0.05, 0.1) is 0 Å². The molecule has 1 aliphatic rings. The van der Waals surface area contributed by atoms with Gasteiger partial charge in [0.2, 0.25) is 0 Å². The zero-order valence-corrected chi connectivity index (χ0v) is 11.8. The van der Waals surface area contributed by atoms with Gasteiger partial charge >= 0.3 is 6.03 Å². The summed E-state index contributed by atoms with van der Waals surface area (Å²) in [5.74, 6) is 0. The van der Waals surface area contributed by atoms with Gasteiger partial charge in [-0.25, -0.2) is 4.79 Å². The molecule has 0 aromatic rings. The van der Waals surface area contributed by atoms with E-state index in [4.69, 9.17) is 18.9 Å². The molecule has 0 aromatic carbocycles. The molecule has 7 heteroatoms. The molecule has 1 heterocycles. The van der Waals surface area contributed by atoms with Crippen molar-refractivity contribution in [1.82, 2.24) is 9.80 Å². The van der Waals surface area contributed by atoms with Crippen LogP contribution in [0.15, 0.2) is 0 Å². The predicted molar refractivity (Wildman–Crippen MR) is 63.7 cm³/mol. The summed E-state index contributed by atoms with van der Waals surface area (Å²) in [6.45, 7) is 3.79. The molecule has 2 unspecified atom stereocenters. The summed E-state index contributed by atoms with van der Waals surface area (Å²) in [4.78, 5) is 15.3. The first-order valence-corrected chi connectivity index (χ1v) is 5.60. The predicted octanol–water partition coefficient (Wildman–Crippen LogP) is 0.657. The molecule has 2 amide bonds. The second-order valence-corrected chi connectivity index (χ2v) is 4.35. The molecule has 1 rings (SSSR count). The van der Waals surface area contributed by atoms with E-state index in [0.717, 1.165) is 0 Å². The molecule has 2 atom stereocenters.